The van der Waals surface area contributed by atoms with E-state index in [1.54, 1.807) is 48.8 Å². The van der Waals surface area contributed by atoms with Crippen LogP contribution in [0.25, 0.3) is 0 Å². The van der Waals surface area contributed by atoms with Crippen molar-refractivity contribution in [2.45, 2.75) is 0 Å². The number of pyridine rings is 1. The van der Waals surface area contributed by atoms with E-state index in [9.17, 15) is 4.79 Å². The number of anilines is 2. The van der Waals surface area contributed by atoms with Crippen molar-refractivity contribution < 1.29 is 4.79 Å². The van der Waals surface area contributed by atoms with Crippen LogP contribution in [0.2, 0.25) is 5.02 Å². The summed E-state index contributed by atoms with van der Waals surface area (Å²) >= 11 is 5.85. The number of hydrazone groups is 1. The molecule has 1 amide bonds. The largest absolute Gasteiger partial charge is 0.299 e. The van der Waals surface area contributed by atoms with Gasteiger partial charge in [0.1, 0.15) is 0 Å². The zero-order chi connectivity index (χ0) is 15.5. The molecule has 2 heterocycles. The van der Waals surface area contributed by atoms with Crippen LogP contribution in [0.1, 0.15) is 0 Å². The van der Waals surface area contributed by atoms with Crippen LogP contribution in [0.15, 0.2) is 66.2 Å². The van der Waals surface area contributed by atoms with Gasteiger partial charge in [0.25, 0.3) is 5.91 Å². The maximum Gasteiger partial charge on any atom is 0.299 e. The first-order valence-corrected chi connectivity index (χ1v) is 6.82. The maximum absolute atomic E-state index is 12.4. The molecular formula is C15H12ClN5O. The molecule has 0 saturated carbocycles. The molecule has 1 saturated heterocycles. The van der Waals surface area contributed by atoms with Gasteiger partial charge in [0.05, 0.1) is 23.3 Å². The van der Waals surface area contributed by atoms with Gasteiger partial charge in [-0.05, 0) is 36.4 Å². The van der Waals surface area contributed by atoms with Gasteiger partial charge in [-0.15, -0.1) is 0 Å². The minimum atomic E-state index is -0.302. The molecular weight excluding hydrogens is 302 g/mol. The third kappa shape index (κ3) is 2.77. The summed E-state index contributed by atoms with van der Waals surface area (Å²) in [6, 6.07) is 10.4. The summed E-state index contributed by atoms with van der Waals surface area (Å²) in [7, 11) is 0. The summed E-state index contributed by atoms with van der Waals surface area (Å²) in [5.41, 5.74) is 7.63. The van der Waals surface area contributed by atoms with Gasteiger partial charge in [-0.1, -0.05) is 18.2 Å². The fourth-order valence-electron chi connectivity index (χ4n) is 1.91. The van der Waals surface area contributed by atoms with E-state index in [2.05, 4.69) is 27.5 Å². The number of halogens is 1. The first-order chi connectivity index (χ1) is 10.6. The number of benzene rings is 1. The molecule has 1 fully saturated rings. The van der Waals surface area contributed by atoms with Gasteiger partial charge >= 0.3 is 0 Å². The van der Waals surface area contributed by atoms with E-state index < -0.39 is 0 Å². The number of carbonyl (C=O) groups is 1. The predicted octanol–water partition coefficient (Wildman–Crippen LogP) is 2.57. The topological polar surface area (TPSA) is 69.6 Å². The maximum atomic E-state index is 12.4. The molecule has 2 aromatic rings. The van der Waals surface area contributed by atoms with E-state index in [1.807, 2.05) is 0 Å². The predicted molar refractivity (Wildman–Crippen MR) is 86.5 cm³/mol. The first kappa shape index (κ1) is 14.1. The second-order valence-corrected chi connectivity index (χ2v) is 4.96. The Morgan fingerprint density at radius 1 is 1.27 bits per heavy atom. The minimum absolute atomic E-state index is 0.207. The van der Waals surface area contributed by atoms with Crippen molar-refractivity contribution in [2.75, 3.05) is 10.4 Å². The lowest BCUT2D eigenvalue weighted by atomic mass is 10.3. The molecule has 110 valence electrons. The minimum Gasteiger partial charge on any atom is -0.289 e. The molecule has 0 radical (unpaired) electrons. The summed E-state index contributed by atoms with van der Waals surface area (Å²) < 4.78 is 0. The summed E-state index contributed by atoms with van der Waals surface area (Å²) in [5.74, 6) is -0.302. The second-order valence-electron chi connectivity index (χ2n) is 4.52. The average molecular weight is 314 g/mol. The lowest BCUT2D eigenvalue weighted by Gasteiger charge is -2.15. The van der Waals surface area contributed by atoms with E-state index in [-0.39, 0.29) is 11.6 Å². The molecule has 0 bridgehead atoms. The van der Waals surface area contributed by atoms with Crippen LogP contribution in [0.5, 0.6) is 0 Å². The molecule has 1 aromatic heterocycles. The van der Waals surface area contributed by atoms with E-state index in [1.165, 1.54) is 5.01 Å². The summed E-state index contributed by atoms with van der Waals surface area (Å²) in [6.45, 7) is 3.81. The van der Waals surface area contributed by atoms with Crippen molar-refractivity contribution in [2.24, 2.45) is 5.10 Å². The molecule has 0 aliphatic carbocycles. The van der Waals surface area contributed by atoms with Gasteiger partial charge in [-0.2, -0.15) is 5.10 Å². The zero-order valence-corrected chi connectivity index (χ0v) is 12.2. The highest BCUT2D eigenvalue weighted by Crippen LogP contribution is 2.21. The Morgan fingerprint density at radius 2 is 2.05 bits per heavy atom. The molecule has 7 heteroatoms. The van der Waals surface area contributed by atoms with Crippen molar-refractivity contribution in [3.63, 3.8) is 0 Å². The highest BCUT2D eigenvalue weighted by Gasteiger charge is 2.32. The molecule has 0 atom stereocenters. The Morgan fingerprint density at radius 3 is 2.73 bits per heavy atom. The zero-order valence-electron chi connectivity index (χ0n) is 11.5. The van der Waals surface area contributed by atoms with Gasteiger partial charge < -0.3 is 0 Å². The number of carbonyl (C=O) groups excluding carboxylic acids is 1. The van der Waals surface area contributed by atoms with Crippen LogP contribution in [0.3, 0.4) is 0 Å². The van der Waals surface area contributed by atoms with Gasteiger partial charge in [0, 0.05) is 11.2 Å². The van der Waals surface area contributed by atoms with E-state index >= 15 is 0 Å². The fraction of sp³-hybridized carbons (Fsp3) is 0. The van der Waals surface area contributed by atoms with Gasteiger partial charge in [-0.3, -0.25) is 20.6 Å². The van der Waals surface area contributed by atoms with Crippen LogP contribution in [0, 0.1) is 0 Å². The average Bonchev–Trinajstić information content (AvgIpc) is 2.82. The van der Waals surface area contributed by atoms with Gasteiger partial charge in [0.15, 0.2) is 5.71 Å². The van der Waals surface area contributed by atoms with E-state index in [4.69, 9.17) is 11.6 Å². The number of hydrogen-bond acceptors (Lipinski definition) is 5. The number of rotatable bonds is 3. The molecule has 2 N–H and O–H groups in total. The summed E-state index contributed by atoms with van der Waals surface area (Å²) in [4.78, 5) is 16.4. The van der Waals surface area contributed by atoms with Crippen LogP contribution in [-0.2, 0) is 4.79 Å². The molecule has 1 aliphatic heterocycles. The van der Waals surface area contributed by atoms with E-state index in [0.717, 1.165) is 0 Å². The summed E-state index contributed by atoms with van der Waals surface area (Å²) in [6.07, 6.45) is 3.26. The molecule has 0 unspecified atom stereocenters. The Bertz CT molecular complexity index is 742. The number of amides is 1. The molecule has 1 aliphatic rings. The Labute approximate surface area is 132 Å². The first-order valence-electron chi connectivity index (χ1n) is 6.45. The quantitative estimate of drug-likeness (QED) is 0.855. The van der Waals surface area contributed by atoms with Gasteiger partial charge in [-0.25, -0.2) is 5.01 Å². The number of hydrazine groups is 1. The summed E-state index contributed by atoms with van der Waals surface area (Å²) in [5, 5.41) is 6.06. The highest BCUT2D eigenvalue weighted by molar-refractivity contribution is 6.51. The van der Waals surface area contributed by atoms with Crippen molar-refractivity contribution in [1.29, 1.82) is 0 Å². The van der Waals surface area contributed by atoms with Crippen molar-refractivity contribution in [3.05, 3.63) is 66.1 Å². The standard InChI is InChI=1S/C15H12ClN5O/c1-10-14(19-18-12-3-2-8-17-9-12)15(22)21(20-10)13-6-4-11(16)5-7-13/h2-9,18,20H,1H2/b19-14+. The second kappa shape index (κ2) is 5.87. The van der Waals surface area contributed by atoms with Crippen LogP contribution in [-0.4, -0.2) is 16.6 Å². The number of nitrogens with one attached hydrogen (secondary N) is 2. The van der Waals surface area contributed by atoms with Crippen LogP contribution in [0.4, 0.5) is 11.4 Å². The third-order valence-corrected chi connectivity index (χ3v) is 3.23. The van der Waals surface area contributed by atoms with Crippen LogP contribution < -0.4 is 15.9 Å². The van der Waals surface area contributed by atoms with E-state index in [0.29, 0.717) is 22.1 Å². The van der Waals surface area contributed by atoms with Crippen LogP contribution >= 0.6 is 11.6 Å². The number of nitrogens with zero attached hydrogens (tertiary/aromatic N) is 3. The number of hydrogen-bond donors (Lipinski definition) is 2. The van der Waals surface area contributed by atoms with Crippen molar-refractivity contribution in [1.82, 2.24) is 10.4 Å². The third-order valence-electron chi connectivity index (χ3n) is 2.98. The highest BCUT2D eigenvalue weighted by atomic mass is 35.5. The Balaban J connectivity index is 1.81. The normalized spacial score (nSPS) is 16.0. The van der Waals surface area contributed by atoms with Crippen molar-refractivity contribution in [3.8, 4) is 0 Å². The molecule has 6 nitrogen and oxygen atoms in total. The Hall–Kier alpha value is -2.86. The lowest BCUT2D eigenvalue weighted by molar-refractivity contribution is -0.112. The molecule has 22 heavy (non-hydrogen) atoms. The number of aromatic nitrogens is 1. The molecule has 3 rings (SSSR count). The Kier molecular flexibility index (Phi) is 3.76. The smallest absolute Gasteiger partial charge is 0.289 e. The SMILES string of the molecule is C=C1NN(c2ccc(Cl)cc2)C(=O)/C1=N/Nc1cccnc1. The molecule has 1 aromatic carbocycles. The van der Waals surface area contributed by atoms with Crippen molar-refractivity contribution >= 4 is 34.6 Å². The fourth-order valence-corrected chi connectivity index (χ4v) is 2.04. The van der Waals surface area contributed by atoms with Gasteiger partial charge in [0.2, 0.25) is 0 Å². The lowest BCUT2D eigenvalue weighted by Crippen LogP contribution is -2.34. The molecule has 0 spiro atoms. The monoisotopic (exact) mass is 313 g/mol.